The Labute approximate surface area is 143 Å². The van der Waals surface area contributed by atoms with Crippen LogP contribution in [0.15, 0.2) is 12.1 Å². The summed E-state index contributed by atoms with van der Waals surface area (Å²) < 4.78 is 5.20. The fourth-order valence-corrected chi connectivity index (χ4v) is 2.71. The number of pyridine rings is 1. The first-order valence-corrected chi connectivity index (χ1v) is 7.64. The molecule has 0 saturated carbocycles. The van der Waals surface area contributed by atoms with Crippen molar-refractivity contribution < 1.29 is 24.2 Å². The lowest BCUT2D eigenvalue weighted by Crippen LogP contribution is -2.36. The maximum Gasteiger partial charge on any atom is 0.322 e. The van der Waals surface area contributed by atoms with Crippen LogP contribution in [0.1, 0.15) is 18.5 Å². The van der Waals surface area contributed by atoms with Gasteiger partial charge in [0.05, 0.1) is 19.8 Å². The molecule has 130 valence electrons. The molecular weight excluding hydrogens is 328 g/mol. The van der Waals surface area contributed by atoms with E-state index in [1.54, 1.807) is 12.1 Å². The average Bonchev–Trinajstić information content (AvgIpc) is 3.13. The van der Waals surface area contributed by atoms with Crippen LogP contribution in [0.2, 0.25) is 0 Å². The van der Waals surface area contributed by atoms with Crippen LogP contribution >= 0.6 is 0 Å². The van der Waals surface area contributed by atoms with Crippen LogP contribution in [0, 0.1) is 11.8 Å². The molecule has 0 spiro atoms. The first-order chi connectivity index (χ1) is 12.0. The monoisotopic (exact) mass is 344 g/mol. The largest absolute Gasteiger partial charge is 0.494 e. The minimum atomic E-state index is -0.971. The Hall–Kier alpha value is -3.12. The molecule has 2 fully saturated rings. The molecule has 9 nitrogen and oxygen atoms in total. The summed E-state index contributed by atoms with van der Waals surface area (Å²) in [6, 6.07) is 1.32. The van der Waals surface area contributed by atoms with Gasteiger partial charge >= 0.3 is 6.03 Å². The lowest BCUT2D eigenvalue weighted by Gasteiger charge is -2.22. The average molecular weight is 344 g/mol. The summed E-state index contributed by atoms with van der Waals surface area (Å²) >= 11 is 0. The number of hydrogen-bond acceptors (Lipinski definition) is 6. The standard InChI is InChI=1S/C16H16N4O5/c1-25-12-5-6-13(20-9(8-21)2-7-14(20)22)17-10(12)3-4-11-15(23)19-16(24)18-11/h5-6,9,11,21H,2,7-8H2,1H3,(H2,18,19,23,24)/t9-,11?/m1/s1. The Bertz CT molecular complexity index is 797. The van der Waals surface area contributed by atoms with Gasteiger partial charge in [-0.3, -0.25) is 19.8 Å². The second-order valence-corrected chi connectivity index (χ2v) is 5.52. The summed E-state index contributed by atoms with van der Waals surface area (Å²) in [6.45, 7) is -0.158. The number of imide groups is 1. The van der Waals surface area contributed by atoms with Gasteiger partial charge in [0.2, 0.25) is 5.91 Å². The van der Waals surface area contributed by atoms with E-state index in [1.807, 2.05) is 0 Å². The van der Waals surface area contributed by atoms with Gasteiger partial charge in [-0.1, -0.05) is 5.92 Å². The number of aromatic nitrogens is 1. The molecule has 1 unspecified atom stereocenters. The number of hydrogen-bond donors (Lipinski definition) is 3. The third-order valence-electron chi connectivity index (χ3n) is 3.96. The molecule has 9 heteroatoms. The van der Waals surface area contributed by atoms with Crippen LogP contribution < -0.4 is 20.3 Å². The van der Waals surface area contributed by atoms with E-state index in [2.05, 4.69) is 27.5 Å². The smallest absolute Gasteiger partial charge is 0.322 e. The maximum atomic E-state index is 12.1. The second-order valence-electron chi connectivity index (χ2n) is 5.52. The Morgan fingerprint density at radius 3 is 2.84 bits per heavy atom. The fourth-order valence-electron chi connectivity index (χ4n) is 2.71. The predicted octanol–water partition coefficient (Wildman–Crippen LogP) is -0.863. The fraction of sp³-hybridized carbons (Fsp3) is 0.375. The zero-order chi connectivity index (χ0) is 18.0. The van der Waals surface area contributed by atoms with E-state index in [9.17, 15) is 19.5 Å². The van der Waals surface area contributed by atoms with Crippen molar-refractivity contribution in [3.05, 3.63) is 17.8 Å². The molecule has 1 aromatic heterocycles. The van der Waals surface area contributed by atoms with Gasteiger partial charge in [0.25, 0.3) is 5.91 Å². The summed E-state index contributed by atoms with van der Waals surface area (Å²) in [5, 5.41) is 13.9. The van der Waals surface area contributed by atoms with Gasteiger partial charge in [-0.05, 0) is 24.5 Å². The lowest BCUT2D eigenvalue weighted by atomic mass is 10.2. The van der Waals surface area contributed by atoms with Gasteiger partial charge in [0.1, 0.15) is 5.82 Å². The van der Waals surface area contributed by atoms with Crippen molar-refractivity contribution in [3.63, 3.8) is 0 Å². The highest BCUT2D eigenvalue weighted by Gasteiger charge is 2.33. The SMILES string of the molecule is COc1ccc(N2C(=O)CC[C@@H]2CO)nc1C#CC1NC(=O)NC1=O. The van der Waals surface area contributed by atoms with Crippen molar-refractivity contribution in [1.82, 2.24) is 15.6 Å². The zero-order valence-electron chi connectivity index (χ0n) is 13.4. The number of methoxy groups -OCH3 is 1. The normalized spacial score (nSPS) is 22.3. The van der Waals surface area contributed by atoms with Crippen molar-refractivity contribution in [1.29, 1.82) is 0 Å². The van der Waals surface area contributed by atoms with Gasteiger partial charge in [0.15, 0.2) is 17.5 Å². The molecule has 3 heterocycles. The molecule has 2 atom stereocenters. The maximum absolute atomic E-state index is 12.1. The molecule has 0 radical (unpaired) electrons. The second kappa shape index (κ2) is 6.78. The van der Waals surface area contributed by atoms with Gasteiger partial charge in [-0.2, -0.15) is 0 Å². The third kappa shape index (κ3) is 3.25. The number of carbonyl (C=O) groups is 3. The number of amides is 4. The van der Waals surface area contributed by atoms with E-state index in [0.717, 1.165) is 0 Å². The number of rotatable bonds is 3. The van der Waals surface area contributed by atoms with E-state index in [4.69, 9.17) is 4.74 Å². The molecule has 0 bridgehead atoms. The van der Waals surface area contributed by atoms with E-state index in [0.29, 0.717) is 24.4 Å². The molecule has 4 amide bonds. The van der Waals surface area contributed by atoms with Crippen molar-refractivity contribution >= 4 is 23.7 Å². The summed E-state index contributed by atoms with van der Waals surface area (Å²) in [4.78, 5) is 40.5. The zero-order valence-corrected chi connectivity index (χ0v) is 13.4. The molecule has 25 heavy (non-hydrogen) atoms. The highest BCUT2D eigenvalue weighted by atomic mass is 16.5. The molecule has 0 aliphatic carbocycles. The summed E-state index contributed by atoms with van der Waals surface area (Å²) in [5.41, 5.74) is 0.227. The van der Waals surface area contributed by atoms with Crippen molar-refractivity contribution in [3.8, 4) is 17.6 Å². The quantitative estimate of drug-likeness (QED) is 0.485. The number of nitrogens with zero attached hydrogens (tertiary/aromatic N) is 2. The van der Waals surface area contributed by atoms with Crippen LogP contribution in [0.5, 0.6) is 5.75 Å². The Balaban J connectivity index is 1.92. The van der Waals surface area contributed by atoms with Crippen LogP contribution in [-0.4, -0.2) is 53.7 Å². The van der Waals surface area contributed by atoms with Gasteiger partial charge < -0.3 is 15.2 Å². The first kappa shape index (κ1) is 16.7. The van der Waals surface area contributed by atoms with E-state index in [-0.39, 0.29) is 24.2 Å². The predicted molar refractivity (Wildman–Crippen MR) is 85.7 cm³/mol. The number of nitrogens with one attached hydrogen (secondary N) is 2. The minimum Gasteiger partial charge on any atom is -0.494 e. The molecule has 3 rings (SSSR count). The van der Waals surface area contributed by atoms with Crippen LogP contribution in [0.4, 0.5) is 10.6 Å². The van der Waals surface area contributed by atoms with Crippen molar-refractivity contribution in [2.75, 3.05) is 18.6 Å². The van der Waals surface area contributed by atoms with Gasteiger partial charge in [0, 0.05) is 6.42 Å². The molecule has 2 saturated heterocycles. The van der Waals surface area contributed by atoms with Gasteiger partial charge in [-0.15, -0.1) is 0 Å². The Kier molecular flexibility index (Phi) is 4.54. The van der Waals surface area contributed by atoms with Gasteiger partial charge in [-0.25, -0.2) is 9.78 Å². The number of anilines is 1. The number of aliphatic hydroxyl groups is 1. The highest BCUT2D eigenvalue weighted by Crippen LogP contribution is 2.27. The van der Waals surface area contributed by atoms with Crippen LogP contribution in [0.25, 0.3) is 0 Å². The van der Waals surface area contributed by atoms with Crippen molar-refractivity contribution in [2.45, 2.75) is 24.9 Å². The van der Waals surface area contributed by atoms with Crippen LogP contribution in [-0.2, 0) is 9.59 Å². The summed E-state index contributed by atoms with van der Waals surface area (Å²) in [5.74, 6) is 5.38. The topological polar surface area (TPSA) is 121 Å². The molecule has 3 N–H and O–H groups in total. The number of ether oxygens (including phenoxy) is 1. The van der Waals surface area contributed by atoms with E-state index >= 15 is 0 Å². The third-order valence-corrected chi connectivity index (χ3v) is 3.96. The molecule has 1 aromatic rings. The van der Waals surface area contributed by atoms with Crippen LogP contribution in [0.3, 0.4) is 0 Å². The lowest BCUT2D eigenvalue weighted by molar-refractivity contribution is -0.119. The summed E-state index contributed by atoms with van der Waals surface area (Å²) in [7, 11) is 1.45. The van der Waals surface area contributed by atoms with E-state index < -0.39 is 18.0 Å². The first-order valence-electron chi connectivity index (χ1n) is 7.64. The number of aliphatic hydroxyl groups excluding tert-OH is 1. The number of carbonyl (C=O) groups excluding carboxylic acids is 3. The molecule has 2 aliphatic heterocycles. The molecular formula is C16H16N4O5. The number of urea groups is 1. The molecule has 2 aliphatic rings. The molecule has 0 aromatic carbocycles. The summed E-state index contributed by atoms with van der Waals surface area (Å²) in [6.07, 6.45) is 0.895. The van der Waals surface area contributed by atoms with Crippen molar-refractivity contribution in [2.24, 2.45) is 0 Å². The Morgan fingerprint density at radius 2 is 2.20 bits per heavy atom. The highest BCUT2D eigenvalue weighted by molar-refractivity contribution is 6.05. The minimum absolute atomic E-state index is 0.127. The van der Waals surface area contributed by atoms with E-state index in [1.165, 1.54) is 12.0 Å². The Morgan fingerprint density at radius 1 is 1.40 bits per heavy atom.